The van der Waals surface area contributed by atoms with E-state index in [1.165, 1.54) is 22.1 Å². The molecule has 2 heterocycles. The fourth-order valence-corrected chi connectivity index (χ4v) is 7.35. The molecule has 0 unspecified atom stereocenters. The van der Waals surface area contributed by atoms with Crippen LogP contribution in [0.4, 0.5) is 0 Å². The van der Waals surface area contributed by atoms with E-state index in [4.69, 9.17) is 19.4 Å². The highest BCUT2D eigenvalue weighted by Gasteiger charge is 2.20. The molecular weight excluding hydrogens is 623 g/mol. The lowest BCUT2D eigenvalue weighted by Gasteiger charge is -2.15. The molecule has 0 aliphatic carbocycles. The largest absolute Gasteiger partial charge is 0.456 e. The van der Waals surface area contributed by atoms with E-state index in [1.807, 2.05) is 30.3 Å². The smallest absolute Gasteiger partial charge is 0.164 e. The Bertz CT molecular complexity index is 2930. The second-order valence-corrected chi connectivity index (χ2v) is 12.8. The molecule has 0 N–H and O–H groups in total. The molecule has 0 aliphatic rings. The molecule has 0 spiro atoms. The Balaban J connectivity index is 1.22. The summed E-state index contributed by atoms with van der Waals surface area (Å²) in [4.78, 5) is 15.6. The zero-order chi connectivity index (χ0) is 33.7. The van der Waals surface area contributed by atoms with Gasteiger partial charge in [-0.2, -0.15) is 0 Å². The lowest BCUT2D eigenvalue weighted by molar-refractivity contribution is 0.669. The molecule has 51 heavy (non-hydrogen) atoms. The summed E-state index contributed by atoms with van der Waals surface area (Å²) in [6.45, 7) is 0. The SMILES string of the molecule is c1ccc(-c2ccccc2-c2ccc(-c3nc(-c4ccc5ccccc5c4)nc(-c4cccc5oc6ccccc6c45)n3)c3ccccc23)cc1. The predicted molar refractivity (Wildman–Crippen MR) is 209 cm³/mol. The fourth-order valence-electron chi connectivity index (χ4n) is 7.35. The topological polar surface area (TPSA) is 51.8 Å². The van der Waals surface area contributed by atoms with E-state index in [0.29, 0.717) is 17.5 Å². The van der Waals surface area contributed by atoms with Crippen molar-refractivity contribution >= 4 is 43.5 Å². The van der Waals surface area contributed by atoms with Crippen LogP contribution in [0.2, 0.25) is 0 Å². The van der Waals surface area contributed by atoms with E-state index < -0.39 is 0 Å². The van der Waals surface area contributed by atoms with Crippen LogP contribution >= 0.6 is 0 Å². The van der Waals surface area contributed by atoms with Gasteiger partial charge in [-0.1, -0.05) is 152 Å². The van der Waals surface area contributed by atoms with E-state index in [2.05, 4.69) is 146 Å². The molecule has 10 aromatic rings. The number of rotatable bonds is 5. The van der Waals surface area contributed by atoms with Crippen LogP contribution in [0, 0.1) is 0 Å². The predicted octanol–water partition coefficient (Wildman–Crippen LogP) is 12.4. The summed E-state index contributed by atoms with van der Waals surface area (Å²) in [6.07, 6.45) is 0. The highest BCUT2D eigenvalue weighted by molar-refractivity contribution is 6.12. The van der Waals surface area contributed by atoms with E-state index in [0.717, 1.165) is 60.4 Å². The lowest BCUT2D eigenvalue weighted by atomic mass is 9.90. The van der Waals surface area contributed by atoms with Gasteiger partial charge in [0.15, 0.2) is 17.5 Å². The molecule has 0 fully saturated rings. The zero-order valence-electron chi connectivity index (χ0n) is 27.5. The molecule has 238 valence electrons. The summed E-state index contributed by atoms with van der Waals surface area (Å²) < 4.78 is 6.28. The van der Waals surface area contributed by atoms with Gasteiger partial charge in [-0.25, -0.2) is 15.0 Å². The number of nitrogens with zero attached hydrogens (tertiary/aromatic N) is 3. The van der Waals surface area contributed by atoms with Crippen molar-refractivity contribution < 1.29 is 4.42 Å². The number of hydrogen-bond acceptors (Lipinski definition) is 4. The van der Waals surface area contributed by atoms with Crippen LogP contribution in [0.3, 0.4) is 0 Å². The zero-order valence-corrected chi connectivity index (χ0v) is 27.5. The van der Waals surface area contributed by atoms with Crippen molar-refractivity contribution in [2.45, 2.75) is 0 Å². The third-order valence-electron chi connectivity index (χ3n) is 9.75. The molecule has 0 amide bonds. The molecule has 0 saturated heterocycles. The summed E-state index contributed by atoms with van der Waals surface area (Å²) in [5, 5.41) is 6.54. The van der Waals surface area contributed by atoms with E-state index in [1.54, 1.807) is 0 Å². The molecule has 4 nitrogen and oxygen atoms in total. The Kier molecular flexibility index (Phi) is 6.78. The highest BCUT2D eigenvalue weighted by Crippen LogP contribution is 2.41. The van der Waals surface area contributed by atoms with Gasteiger partial charge in [0.05, 0.1) is 0 Å². The third kappa shape index (κ3) is 4.96. The Morgan fingerprint density at radius 2 is 0.902 bits per heavy atom. The van der Waals surface area contributed by atoms with Crippen molar-refractivity contribution in [3.63, 3.8) is 0 Å². The lowest BCUT2D eigenvalue weighted by Crippen LogP contribution is -2.01. The summed E-state index contributed by atoms with van der Waals surface area (Å²) in [5.41, 5.74) is 9.13. The second kappa shape index (κ2) is 11.9. The Morgan fingerprint density at radius 3 is 1.75 bits per heavy atom. The molecule has 0 radical (unpaired) electrons. The molecule has 8 aromatic carbocycles. The van der Waals surface area contributed by atoms with Gasteiger partial charge in [-0.05, 0) is 68.1 Å². The summed E-state index contributed by atoms with van der Waals surface area (Å²) in [5.74, 6) is 1.84. The monoisotopic (exact) mass is 651 g/mol. The minimum Gasteiger partial charge on any atom is -0.456 e. The van der Waals surface area contributed by atoms with Gasteiger partial charge in [-0.3, -0.25) is 0 Å². The van der Waals surface area contributed by atoms with Gasteiger partial charge in [0.2, 0.25) is 0 Å². The van der Waals surface area contributed by atoms with E-state index in [9.17, 15) is 0 Å². The van der Waals surface area contributed by atoms with Crippen LogP contribution in [0.15, 0.2) is 180 Å². The maximum atomic E-state index is 6.28. The first-order valence-corrected chi connectivity index (χ1v) is 17.1. The standard InChI is InChI=1S/C47H29N3O/c1-2-14-31(15-3-1)34-17-6-7-18-35(34)38-27-28-39(37-20-9-8-19-36(37)38)46-48-45(33-26-25-30-13-4-5-16-32(30)29-33)49-47(50-46)41-22-12-24-43-44(41)40-21-10-11-23-42(40)51-43/h1-29H. The van der Waals surface area contributed by atoms with Crippen LogP contribution < -0.4 is 0 Å². The number of hydrogen-bond donors (Lipinski definition) is 0. The quantitative estimate of drug-likeness (QED) is 0.186. The van der Waals surface area contributed by atoms with Crippen molar-refractivity contribution in [1.82, 2.24) is 15.0 Å². The Labute approximate surface area is 294 Å². The maximum absolute atomic E-state index is 6.28. The Hall–Kier alpha value is -6.91. The first-order chi connectivity index (χ1) is 25.3. The minimum absolute atomic E-state index is 0.600. The normalized spacial score (nSPS) is 11.5. The van der Waals surface area contributed by atoms with Gasteiger partial charge < -0.3 is 4.42 Å². The third-order valence-corrected chi connectivity index (χ3v) is 9.75. The molecule has 0 bridgehead atoms. The number of aromatic nitrogens is 3. The summed E-state index contributed by atoms with van der Waals surface area (Å²) in [6, 6.07) is 61.1. The number of para-hydroxylation sites is 1. The molecule has 0 aliphatic heterocycles. The maximum Gasteiger partial charge on any atom is 0.164 e. The molecule has 2 aromatic heterocycles. The molecule has 0 saturated carbocycles. The van der Waals surface area contributed by atoms with Gasteiger partial charge in [0, 0.05) is 27.5 Å². The van der Waals surface area contributed by atoms with E-state index >= 15 is 0 Å². The van der Waals surface area contributed by atoms with E-state index in [-0.39, 0.29) is 0 Å². The molecular formula is C47H29N3O. The fraction of sp³-hybridized carbons (Fsp3) is 0. The van der Waals surface area contributed by atoms with Crippen LogP contribution in [-0.4, -0.2) is 15.0 Å². The minimum atomic E-state index is 0.600. The van der Waals surface area contributed by atoms with Gasteiger partial charge >= 0.3 is 0 Å². The number of fused-ring (bicyclic) bond motifs is 5. The van der Waals surface area contributed by atoms with Crippen molar-refractivity contribution in [3.8, 4) is 56.4 Å². The van der Waals surface area contributed by atoms with Crippen molar-refractivity contribution in [2.75, 3.05) is 0 Å². The number of benzene rings is 8. The first-order valence-electron chi connectivity index (χ1n) is 17.1. The second-order valence-electron chi connectivity index (χ2n) is 12.8. The van der Waals surface area contributed by atoms with Crippen LogP contribution in [-0.2, 0) is 0 Å². The molecule has 10 rings (SSSR count). The molecule has 4 heteroatoms. The van der Waals surface area contributed by atoms with Gasteiger partial charge in [0.25, 0.3) is 0 Å². The van der Waals surface area contributed by atoms with Gasteiger partial charge in [0.1, 0.15) is 11.2 Å². The summed E-state index contributed by atoms with van der Waals surface area (Å²) >= 11 is 0. The average molecular weight is 652 g/mol. The van der Waals surface area contributed by atoms with Crippen LogP contribution in [0.1, 0.15) is 0 Å². The van der Waals surface area contributed by atoms with Crippen LogP contribution in [0.25, 0.3) is 99.9 Å². The average Bonchev–Trinajstić information content (AvgIpc) is 3.59. The first kappa shape index (κ1) is 29.0. The summed E-state index contributed by atoms with van der Waals surface area (Å²) in [7, 11) is 0. The number of furan rings is 1. The van der Waals surface area contributed by atoms with Crippen molar-refractivity contribution in [3.05, 3.63) is 176 Å². The van der Waals surface area contributed by atoms with Crippen molar-refractivity contribution in [1.29, 1.82) is 0 Å². The van der Waals surface area contributed by atoms with Gasteiger partial charge in [-0.15, -0.1) is 0 Å². The Morgan fingerprint density at radius 1 is 0.314 bits per heavy atom. The van der Waals surface area contributed by atoms with Crippen molar-refractivity contribution in [2.24, 2.45) is 0 Å². The molecule has 0 atom stereocenters. The highest BCUT2D eigenvalue weighted by atomic mass is 16.3. The van der Waals surface area contributed by atoms with Crippen LogP contribution in [0.5, 0.6) is 0 Å².